The number of fused-ring (bicyclic) bond motifs is 1. The van der Waals surface area contributed by atoms with Gasteiger partial charge in [-0.05, 0) is 42.5 Å². The lowest BCUT2D eigenvalue weighted by molar-refractivity contribution is 0.0966. The molecular formula is C19H12ClN3O. The normalized spacial score (nSPS) is 10.9. The second-order valence-corrected chi connectivity index (χ2v) is 5.75. The molecule has 0 N–H and O–H groups in total. The number of aromatic nitrogens is 3. The number of imidazole rings is 1. The van der Waals surface area contributed by atoms with Crippen LogP contribution in [0.4, 0.5) is 0 Å². The Labute approximate surface area is 143 Å². The van der Waals surface area contributed by atoms with E-state index in [0.29, 0.717) is 21.9 Å². The molecule has 0 aliphatic rings. The van der Waals surface area contributed by atoms with Crippen LogP contribution in [0.3, 0.4) is 0 Å². The maximum atomic E-state index is 13.1. The molecule has 0 spiro atoms. The zero-order valence-corrected chi connectivity index (χ0v) is 13.3. The summed E-state index contributed by atoms with van der Waals surface area (Å²) in [5, 5.41) is 0.561. The number of pyridine rings is 1. The average molecular weight is 334 g/mol. The first-order valence-electron chi connectivity index (χ1n) is 7.42. The van der Waals surface area contributed by atoms with Crippen LogP contribution in [0, 0.1) is 0 Å². The highest BCUT2D eigenvalue weighted by atomic mass is 35.5. The molecule has 2 aromatic carbocycles. The monoisotopic (exact) mass is 333 g/mol. The van der Waals surface area contributed by atoms with Crippen molar-refractivity contribution in [3.05, 3.63) is 83.6 Å². The summed E-state index contributed by atoms with van der Waals surface area (Å²) < 4.78 is 1.60. The Balaban J connectivity index is 2.01. The molecular weight excluding hydrogens is 322 g/mol. The van der Waals surface area contributed by atoms with Crippen molar-refractivity contribution in [1.82, 2.24) is 14.5 Å². The molecule has 0 unspecified atom stereocenters. The SMILES string of the molecule is O=C(c1ccccc1)n1c(-c2ccncc2)nc2ccc(Cl)cc21. The van der Waals surface area contributed by atoms with Gasteiger partial charge >= 0.3 is 0 Å². The molecule has 0 saturated heterocycles. The van der Waals surface area contributed by atoms with Gasteiger partial charge in [-0.2, -0.15) is 0 Å². The van der Waals surface area contributed by atoms with Gasteiger partial charge in [-0.1, -0.05) is 29.8 Å². The van der Waals surface area contributed by atoms with Crippen molar-refractivity contribution < 1.29 is 4.79 Å². The van der Waals surface area contributed by atoms with Gasteiger partial charge in [-0.3, -0.25) is 14.3 Å². The highest BCUT2D eigenvalue weighted by molar-refractivity contribution is 6.31. The smallest absolute Gasteiger partial charge is 0.264 e. The minimum absolute atomic E-state index is 0.146. The molecule has 2 heterocycles. The quantitative estimate of drug-likeness (QED) is 0.545. The molecule has 2 aromatic heterocycles. The van der Waals surface area contributed by atoms with Crippen molar-refractivity contribution in [3.63, 3.8) is 0 Å². The van der Waals surface area contributed by atoms with Crippen molar-refractivity contribution in [2.75, 3.05) is 0 Å². The van der Waals surface area contributed by atoms with Crippen LogP contribution in [0.15, 0.2) is 73.1 Å². The van der Waals surface area contributed by atoms with Crippen LogP contribution in [0.2, 0.25) is 5.02 Å². The summed E-state index contributed by atoms with van der Waals surface area (Å²) in [5.41, 5.74) is 2.81. The topological polar surface area (TPSA) is 47.8 Å². The number of nitrogens with zero attached hydrogens (tertiary/aromatic N) is 3. The Morgan fingerprint density at radius 3 is 2.46 bits per heavy atom. The number of hydrogen-bond acceptors (Lipinski definition) is 3. The number of benzene rings is 2. The molecule has 4 aromatic rings. The lowest BCUT2D eigenvalue weighted by atomic mass is 10.2. The summed E-state index contributed by atoms with van der Waals surface area (Å²) in [4.78, 5) is 21.7. The molecule has 24 heavy (non-hydrogen) atoms. The van der Waals surface area contributed by atoms with Gasteiger partial charge in [0.1, 0.15) is 5.82 Å². The third-order valence-corrected chi connectivity index (χ3v) is 4.01. The van der Waals surface area contributed by atoms with Crippen LogP contribution in [-0.2, 0) is 0 Å². The second kappa shape index (κ2) is 5.91. The van der Waals surface area contributed by atoms with Crippen molar-refractivity contribution in [2.24, 2.45) is 0 Å². The van der Waals surface area contributed by atoms with Gasteiger partial charge in [0.25, 0.3) is 5.91 Å². The van der Waals surface area contributed by atoms with Gasteiger partial charge < -0.3 is 0 Å². The van der Waals surface area contributed by atoms with Crippen LogP contribution in [0.1, 0.15) is 10.4 Å². The summed E-state index contributed by atoms with van der Waals surface area (Å²) in [6, 6.07) is 18.1. The highest BCUT2D eigenvalue weighted by Crippen LogP contribution is 2.27. The average Bonchev–Trinajstić information content (AvgIpc) is 3.01. The van der Waals surface area contributed by atoms with Gasteiger partial charge in [0, 0.05) is 28.5 Å². The van der Waals surface area contributed by atoms with Crippen molar-refractivity contribution in [2.45, 2.75) is 0 Å². The lowest BCUT2D eigenvalue weighted by Crippen LogP contribution is -2.13. The van der Waals surface area contributed by atoms with E-state index >= 15 is 0 Å². The number of hydrogen-bond donors (Lipinski definition) is 0. The largest absolute Gasteiger partial charge is 0.268 e. The maximum Gasteiger partial charge on any atom is 0.264 e. The highest BCUT2D eigenvalue weighted by Gasteiger charge is 2.19. The Morgan fingerprint density at radius 1 is 0.958 bits per heavy atom. The van der Waals surface area contributed by atoms with E-state index in [4.69, 9.17) is 11.6 Å². The molecule has 0 amide bonds. The van der Waals surface area contributed by atoms with Gasteiger partial charge in [-0.25, -0.2) is 4.98 Å². The van der Waals surface area contributed by atoms with Gasteiger partial charge in [-0.15, -0.1) is 0 Å². The van der Waals surface area contributed by atoms with Crippen LogP contribution < -0.4 is 0 Å². The van der Waals surface area contributed by atoms with Gasteiger partial charge in [0.05, 0.1) is 11.0 Å². The summed E-state index contributed by atoms with van der Waals surface area (Å²) in [5.74, 6) is 0.427. The maximum absolute atomic E-state index is 13.1. The molecule has 0 fully saturated rings. The molecule has 4 rings (SSSR count). The Kier molecular flexibility index (Phi) is 3.59. The predicted molar refractivity (Wildman–Crippen MR) is 94.1 cm³/mol. The molecule has 0 bridgehead atoms. The molecule has 0 atom stereocenters. The van der Waals surface area contributed by atoms with E-state index in [2.05, 4.69) is 9.97 Å². The van der Waals surface area contributed by atoms with E-state index in [1.807, 2.05) is 36.4 Å². The van der Waals surface area contributed by atoms with Crippen LogP contribution in [0.25, 0.3) is 22.4 Å². The summed E-state index contributed by atoms with van der Waals surface area (Å²) in [6.07, 6.45) is 3.36. The van der Waals surface area contributed by atoms with E-state index in [0.717, 1.165) is 11.1 Å². The molecule has 0 aliphatic carbocycles. The molecule has 4 nitrogen and oxygen atoms in total. The first-order chi connectivity index (χ1) is 11.7. The molecule has 116 valence electrons. The Hall–Kier alpha value is -2.98. The first-order valence-corrected chi connectivity index (χ1v) is 7.80. The van der Waals surface area contributed by atoms with E-state index in [9.17, 15) is 4.79 Å². The van der Waals surface area contributed by atoms with Crippen molar-refractivity contribution in [3.8, 4) is 11.4 Å². The van der Waals surface area contributed by atoms with Crippen LogP contribution in [-0.4, -0.2) is 20.4 Å². The first kappa shape index (κ1) is 14.6. The Morgan fingerprint density at radius 2 is 1.71 bits per heavy atom. The standard InChI is InChI=1S/C19H12ClN3O/c20-15-6-7-16-17(12-15)23(19(24)14-4-2-1-3-5-14)18(22-16)13-8-10-21-11-9-13/h1-12H. The van der Waals surface area contributed by atoms with Gasteiger partial charge in [0.2, 0.25) is 0 Å². The van der Waals surface area contributed by atoms with Crippen molar-refractivity contribution in [1.29, 1.82) is 0 Å². The number of halogens is 1. The third-order valence-electron chi connectivity index (χ3n) is 3.78. The Bertz CT molecular complexity index is 1030. The van der Waals surface area contributed by atoms with Crippen LogP contribution in [0.5, 0.6) is 0 Å². The summed E-state index contributed by atoms with van der Waals surface area (Å²) >= 11 is 6.13. The molecule has 0 aliphatic heterocycles. The molecule has 0 radical (unpaired) electrons. The predicted octanol–water partition coefficient (Wildman–Crippen LogP) is 4.44. The summed E-state index contributed by atoms with van der Waals surface area (Å²) in [7, 11) is 0. The van der Waals surface area contributed by atoms with Crippen molar-refractivity contribution >= 4 is 28.5 Å². The van der Waals surface area contributed by atoms with E-state index in [1.54, 1.807) is 41.2 Å². The fourth-order valence-corrected chi connectivity index (χ4v) is 2.82. The number of carbonyl (C=O) groups excluding carboxylic acids is 1. The van der Waals surface area contributed by atoms with E-state index in [1.165, 1.54) is 0 Å². The van der Waals surface area contributed by atoms with E-state index in [-0.39, 0.29) is 5.91 Å². The molecule has 5 heteroatoms. The number of rotatable bonds is 2. The fraction of sp³-hybridized carbons (Fsp3) is 0. The zero-order chi connectivity index (χ0) is 16.5. The molecule has 0 saturated carbocycles. The minimum atomic E-state index is -0.146. The van der Waals surface area contributed by atoms with Crippen LogP contribution >= 0.6 is 11.6 Å². The van der Waals surface area contributed by atoms with E-state index < -0.39 is 0 Å². The third kappa shape index (κ3) is 2.47. The fourth-order valence-electron chi connectivity index (χ4n) is 2.66. The summed E-state index contributed by atoms with van der Waals surface area (Å²) in [6.45, 7) is 0. The second-order valence-electron chi connectivity index (χ2n) is 5.31. The van der Waals surface area contributed by atoms with Gasteiger partial charge in [0.15, 0.2) is 0 Å². The minimum Gasteiger partial charge on any atom is -0.268 e. The lowest BCUT2D eigenvalue weighted by Gasteiger charge is -2.08. The number of carbonyl (C=O) groups is 1. The zero-order valence-electron chi connectivity index (χ0n) is 12.6.